The molecular weight excluding hydrogens is 324 g/mol. The molecule has 0 heterocycles. The summed E-state index contributed by atoms with van der Waals surface area (Å²) in [5.74, 6) is -1.23. The van der Waals surface area contributed by atoms with Gasteiger partial charge in [0.2, 0.25) is 0 Å². The molecule has 2 aromatic rings. The number of nitrogens with one attached hydrogen (secondary N) is 2. The molecule has 1 atom stereocenters. The SMILES string of the molecule is CCC(NC(=O)C(=O)Nc1cccc(C)c1)c1ccc2c(c1)CCCC2. The van der Waals surface area contributed by atoms with Crippen LogP contribution in [-0.2, 0) is 22.4 Å². The summed E-state index contributed by atoms with van der Waals surface area (Å²) >= 11 is 0. The summed E-state index contributed by atoms with van der Waals surface area (Å²) in [6.07, 6.45) is 5.44. The van der Waals surface area contributed by atoms with E-state index in [1.54, 1.807) is 6.07 Å². The Morgan fingerprint density at radius 1 is 1.00 bits per heavy atom. The van der Waals surface area contributed by atoms with Crippen LogP contribution >= 0.6 is 0 Å². The highest BCUT2D eigenvalue weighted by Gasteiger charge is 2.20. The molecule has 1 aliphatic carbocycles. The molecular formula is C22H26N2O2. The minimum atomic E-state index is -0.632. The first kappa shape index (κ1) is 18.2. The van der Waals surface area contributed by atoms with E-state index in [1.807, 2.05) is 32.0 Å². The zero-order valence-electron chi connectivity index (χ0n) is 15.5. The Morgan fingerprint density at radius 3 is 2.50 bits per heavy atom. The molecule has 0 saturated heterocycles. The number of carbonyl (C=O) groups is 2. The van der Waals surface area contributed by atoms with E-state index in [9.17, 15) is 9.59 Å². The lowest BCUT2D eigenvalue weighted by molar-refractivity contribution is -0.136. The van der Waals surface area contributed by atoms with Crippen molar-refractivity contribution in [1.29, 1.82) is 0 Å². The summed E-state index contributed by atoms with van der Waals surface area (Å²) in [6, 6.07) is 13.7. The molecule has 136 valence electrons. The third-order valence-corrected chi connectivity index (χ3v) is 4.97. The van der Waals surface area contributed by atoms with Gasteiger partial charge in [-0.05, 0) is 73.4 Å². The monoisotopic (exact) mass is 350 g/mol. The summed E-state index contributed by atoms with van der Waals surface area (Å²) in [6.45, 7) is 3.96. The van der Waals surface area contributed by atoms with Crippen molar-refractivity contribution < 1.29 is 9.59 Å². The summed E-state index contributed by atoms with van der Waals surface area (Å²) < 4.78 is 0. The average molecular weight is 350 g/mol. The van der Waals surface area contributed by atoms with E-state index in [4.69, 9.17) is 0 Å². The van der Waals surface area contributed by atoms with Gasteiger partial charge < -0.3 is 10.6 Å². The summed E-state index contributed by atoms with van der Waals surface area (Å²) in [4.78, 5) is 24.6. The lowest BCUT2D eigenvalue weighted by Gasteiger charge is -2.21. The molecule has 0 bridgehead atoms. The van der Waals surface area contributed by atoms with Gasteiger partial charge in [0.1, 0.15) is 0 Å². The number of hydrogen-bond donors (Lipinski definition) is 2. The Hall–Kier alpha value is -2.62. The van der Waals surface area contributed by atoms with E-state index in [0.717, 1.165) is 30.4 Å². The van der Waals surface area contributed by atoms with Crippen molar-refractivity contribution in [3.63, 3.8) is 0 Å². The quantitative estimate of drug-likeness (QED) is 0.816. The highest BCUT2D eigenvalue weighted by Crippen LogP contribution is 2.26. The number of benzene rings is 2. The molecule has 1 unspecified atom stereocenters. The Labute approximate surface area is 155 Å². The van der Waals surface area contributed by atoms with Crippen LogP contribution in [0.25, 0.3) is 0 Å². The maximum atomic E-state index is 12.3. The van der Waals surface area contributed by atoms with E-state index in [1.165, 1.54) is 24.0 Å². The lowest BCUT2D eigenvalue weighted by Crippen LogP contribution is -2.37. The molecule has 0 radical (unpaired) electrons. The molecule has 26 heavy (non-hydrogen) atoms. The van der Waals surface area contributed by atoms with Gasteiger partial charge in [-0.3, -0.25) is 9.59 Å². The maximum absolute atomic E-state index is 12.3. The second kappa shape index (κ2) is 8.17. The van der Waals surface area contributed by atoms with E-state index in [-0.39, 0.29) is 6.04 Å². The first-order valence-electron chi connectivity index (χ1n) is 9.37. The third-order valence-electron chi connectivity index (χ3n) is 4.97. The fourth-order valence-corrected chi connectivity index (χ4v) is 3.53. The zero-order valence-corrected chi connectivity index (χ0v) is 15.5. The van der Waals surface area contributed by atoms with Crippen LogP contribution in [0.2, 0.25) is 0 Å². The Bertz CT molecular complexity index is 814. The van der Waals surface area contributed by atoms with Crippen LogP contribution in [0.1, 0.15) is 54.5 Å². The van der Waals surface area contributed by atoms with E-state index < -0.39 is 11.8 Å². The summed E-state index contributed by atoms with van der Waals surface area (Å²) in [5.41, 5.74) is 5.53. The van der Waals surface area contributed by atoms with E-state index in [0.29, 0.717) is 5.69 Å². The summed E-state index contributed by atoms with van der Waals surface area (Å²) in [7, 11) is 0. The molecule has 0 spiro atoms. The molecule has 4 nitrogen and oxygen atoms in total. The van der Waals surface area contributed by atoms with Gasteiger partial charge in [0.05, 0.1) is 6.04 Å². The molecule has 0 aliphatic heterocycles. The average Bonchev–Trinajstić information content (AvgIpc) is 2.65. The number of amides is 2. The number of anilines is 1. The maximum Gasteiger partial charge on any atom is 0.313 e. The van der Waals surface area contributed by atoms with Crippen molar-refractivity contribution >= 4 is 17.5 Å². The number of rotatable bonds is 4. The third kappa shape index (κ3) is 4.31. The second-order valence-corrected chi connectivity index (χ2v) is 6.99. The van der Waals surface area contributed by atoms with Crippen molar-refractivity contribution in [3.8, 4) is 0 Å². The highest BCUT2D eigenvalue weighted by molar-refractivity contribution is 6.39. The first-order chi connectivity index (χ1) is 12.6. The van der Waals surface area contributed by atoms with E-state index >= 15 is 0 Å². The molecule has 0 fully saturated rings. The lowest BCUT2D eigenvalue weighted by atomic mass is 9.89. The van der Waals surface area contributed by atoms with Gasteiger partial charge in [0.25, 0.3) is 0 Å². The van der Waals surface area contributed by atoms with Crippen molar-refractivity contribution in [2.75, 3.05) is 5.32 Å². The molecule has 2 N–H and O–H groups in total. The minimum Gasteiger partial charge on any atom is -0.341 e. The highest BCUT2D eigenvalue weighted by atomic mass is 16.2. The topological polar surface area (TPSA) is 58.2 Å². The number of fused-ring (bicyclic) bond motifs is 1. The van der Waals surface area contributed by atoms with E-state index in [2.05, 4.69) is 28.8 Å². The normalized spacial score (nSPS) is 14.2. The van der Waals surface area contributed by atoms with Crippen LogP contribution in [0.3, 0.4) is 0 Å². The Morgan fingerprint density at radius 2 is 1.77 bits per heavy atom. The number of hydrogen-bond acceptors (Lipinski definition) is 2. The van der Waals surface area contributed by atoms with Crippen LogP contribution in [0.5, 0.6) is 0 Å². The second-order valence-electron chi connectivity index (χ2n) is 6.99. The van der Waals surface area contributed by atoms with Gasteiger partial charge >= 0.3 is 11.8 Å². The van der Waals surface area contributed by atoms with Crippen molar-refractivity contribution in [2.24, 2.45) is 0 Å². The Balaban J connectivity index is 1.67. The molecule has 2 aromatic carbocycles. The van der Waals surface area contributed by atoms with Gasteiger partial charge in [-0.1, -0.05) is 37.3 Å². The van der Waals surface area contributed by atoms with Gasteiger partial charge in [-0.25, -0.2) is 0 Å². The molecule has 3 rings (SSSR count). The standard InChI is InChI=1S/C22H26N2O2/c1-3-20(18-12-11-16-8-4-5-9-17(16)14-18)24-22(26)21(25)23-19-10-6-7-15(2)13-19/h6-7,10-14,20H,3-5,8-9H2,1-2H3,(H,23,25)(H,24,26). The zero-order chi connectivity index (χ0) is 18.5. The fraction of sp³-hybridized carbons (Fsp3) is 0.364. The van der Waals surface area contributed by atoms with Crippen molar-refractivity contribution in [3.05, 3.63) is 64.7 Å². The molecule has 1 aliphatic rings. The smallest absolute Gasteiger partial charge is 0.313 e. The van der Waals surface area contributed by atoms with Crippen LogP contribution < -0.4 is 10.6 Å². The van der Waals surface area contributed by atoms with Crippen LogP contribution in [0, 0.1) is 6.92 Å². The fourth-order valence-electron chi connectivity index (χ4n) is 3.53. The Kier molecular flexibility index (Phi) is 5.71. The van der Waals surface area contributed by atoms with Gasteiger partial charge in [0, 0.05) is 5.69 Å². The van der Waals surface area contributed by atoms with Gasteiger partial charge in [-0.2, -0.15) is 0 Å². The first-order valence-corrected chi connectivity index (χ1v) is 9.37. The number of carbonyl (C=O) groups excluding carboxylic acids is 2. The minimum absolute atomic E-state index is 0.155. The van der Waals surface area contributed by atoms with Crippen LogP contribution in [0.4, 0.5) is 5.69 Å². The van der Waals surface area contributed by atoms with Gasteiger partial charge in [-0.15, -0.1) is 0 Å². The van der Waals surface area contributed by atoms with Crippen LogP contribution in [-0.4, -0.2) is 11.8 Å². The molecule has 2 amide bonds. The largest absolute Gasteiger partial charge is 0.341 e. The molecule has 4 heteroatoms. The predicted molar refractivity (Wildman–Crippen MR) is 104 cm³/mol. The molecule has 0 saturated carbocycles. The number of aryl methyl sites for hydroxylation is 3. The molecule has 0 aromatic heterocycles. The summed E-state index contributed by atoms with van der Waals surface area (Å²) in [5, 5.41) is 5.54. The van der Waals surface area contributed by atoms with Crippen molar-refractivity contribution in [1.82, 2.24) is 5.32 Å². The van der Waals surface area contributed by atoms with Crippen LogP contribution in [0.15, 0.2) is 42.5 Å². The van der Waals surface area contributed by atoms with Crippen molar-refractivity contribution in [2.45, 2.75) is 52.0 Å². The van der Waals surface area contributed by atoms with Gasteiger partial charge in [0.15, 0.2) is 0 Å². The predicted octanol–water partition coefficient (Wildman–Crippen LogP) is 4.08.